The number of carbonyl (C=O) groups is 1. The van der Waals surface area contributed by atoms with Crippen LogP contribution in [0.15, 0.2) is 6.20 Å². The van der Waals surface area contributed by atoms with Gasteiger partial charge in [-0.25, -0.2) is 0 Å². The van der Waals surface area contributed by atoms with Crippen molar-refractivity contribution in [1.29, 1.82) is 0 Å². The molecule has 4 nitrogen and oxygen atoms in total. The molecule has 1 aliphatic heterocycles. The molecule has 0 unspecified atom stereocenters. The summed E-state index contributed by atoms with van der Waals surface area (Å²) in [5, 5.41) is 9.19. The first-order valence-electron chi connectivity index (χ1n) is 3.18. The molecule has 0 saturated carbocycles. The molecule has 1 aromatic heterocycles. The molecule has 2 N–H and O–H groups in total. The van der Waals surface area contributed by atoms with Gasteiger partial charge in [0.1, 0.15) is 5.82 Å². The molecule has 0 atom stereocenters. The van der Waals surface area contributed by atoms with Crippen LogP contribution < -0.4 is 5.32 Å². The van der Waals surface area contributed by atoms with E-state index >= 15 is 0 Å². The second kappa shape index (κ2) is 1.83. The van der Waals surface area contributed by atoms with Crippen molar-refractivity contribution in [3.63, 3.8) is 0 Å². The monoisotopic (exact) mass is 137 g/mol. The zero-order valence-corrected chi connectivity index (χ0v) is 5.35. The number of nitrogens with zero attached hydrogens (tertiary/aromatic N) is 1. The summed E-state index contributed by atoms with van der Waals surface area (Å²) < 4.78 is 0. The third-order valence-corrected chi connectivity index (χ3v) is 1.60. The minimum Gasteiger partial charge on any atom is -0.311 e. The summed E-state index contributed by atoms with van der Waals surface area (Å²) in [6.45, 7) is 0. The van der Waals surface area contributed by atoms with Crippen LogP contribution in [0.3, 0.4) is 0 Å². The summed E-state index contributed by atoms with van der Waals surface area (Å²) in [7, 11) is 0. The summed E-state index contributed by atoms with van der Waals surface area (Å²) in [6.07, 6.45) is 3.12. The lowest BCUT2D eigenvalue weighted by molar-refractivity contribution is -0.116. The molecule has 52 valence electrons. The van der Waals surface area contributed by atoms with Crippen molar-refractivity contribution < 1.29 is 4.79 Å². The van der Waals surface area contributed by atoms with Gasteiger partial charge in [0.25, 0.3) is 0 Å². The highest BCUT2D eigenvalue weighted by molar-refractivity contribution is 5.92. The van der Waals surface area contributed by atoms with Crippen LogP contribution in [0.4, 0.5) is 5.82 Å². The molecular formula is C6H7N3O. The number of anilines is 1. The molecule has 0 spiro atoms. The number of hydrogen-bond donors (Lipinski definition) is 2. The summed E-state index contributed by atoms with van der Waals surface area (Å²) in [4.78, 5) is 10.8. The fraction of sp³-hybridized carbons (Fsp3) is 0.333. The topological polar surface area (TPSA) is 57.8 Å². The molecule has 1 amide bonds. The smallest absolute Gasteiger partial charge is 0.225 e. The molecule has 1 aromatic rings. The zero-order valence-electron chi connectivity index (χ0n) is 5.35. The van der Waals surface area contributed by atoms with Gasteiger partial charge in [0.05, 0.1) is 6.20 Å². The van der Waals surface area contributed by atoms with Gasteiger partial charge in [-0.2, -0.15) is 5.10 Å². The van der Waals surface area contributed by atoms with Gasteiger partial charge in [0, 0.05) is 12.0 Å². The Labute approximate surface area is 57.6 Å². The first-order chi connectivity index (χ1) is 4.86. The molecule has 0 bridgehead atoms. The normalized spacial score (nSPS) is 16.2. The van der Waals surface area contributed by atoms with Crippen LogP contribution in [0.1, 0.15) is 12.0 Å². The Morgan fingerprint density at radius 3 is 3.30 bits per heavy atom. The fourth-order valence-corrected chi connectivity index (χ4v) is 1.06. The Balaban J connectivity index is 2.39. The highest BCUT2D eigenvalue weighted by Gasteiger charge is 2.14. The first kappa shape index (κ1) is 5.46. The molecular weight excluding hydrogens is 130 g/mol. The Morgan fingerprint density at radius 1 is 1.50 bits per heavy atom. The first-order valence-corrected chi connectivity index (χ1v) is 3.18. The number of amides is 1. The van der Waals surface area contributed by atoms with Crippen LogP contribution in [0.5, 0.6) is 0 Å². The van der Waals surface area contributed by atoms with E-state index in [4.69, 9.17) is 0 Å². The van der Waals surface area contributed by atoms with Gasteiger partial charge in [-0.05, 0) is 6.42 Å². The standard InChI is InChI=1S/C6H7N3O/c10-5-2-1-4-3-7-9-6(4)8-5/h3H,1-2H2,(H2,7,8,9,10). The lowest BCUT2D eigenvalue weighted by Gasteiger charge is -2.09. The van der Waals surface area contributed by atoms with Gasteiger partial charge in [-0.15, -0.1) is 0 Å². The van der Waals surface area contributed by atoms with Crippen molar-refractivity contribution in [2.24, 2.45) is 0 Å². The van der Waals surface area contributed by atoms with Crippen molar-refractivity contribution in [3.05, 3.63) is 11.8 Å². The Bertz CT molecular complexity index is 266. The minimum absolute atomic E-state index is 0.0664. The van der Waals surface area contributed by atoms with E-state index in [0.717, 1.165) is 17.8 Å². The van der Waals surface area contributed by atoms with E-state index in [2.05, 4.69) is 15.5 Å². The molecule has 0 aromatic carbocycles. The average molecular weight is 137 g/mol. The van der Waals surface area contributed by atoms with Gasteiger partial charge < -0.3 is 5.32 Å². The van der Waals surface area contributed by atoms with Gasteiger partial charge in [0.2, 0.25) is 5.91 Å². The molecule has 2 heterocycles. The molecule has 0 saturated heterocycles. The van der Waals surface area contributed by atoms with Crippen LogP contribution in [0.2, 0.25) is 0 Å². The van der Waals surface area contributed by atoms with E-state index < -0.39 is 0 Å². The average Bonchev–Trinajstić information content (AvgIpc) is 2.33. The van der Waals surface area contributed by atoms with Crippen LogP contribution in [-0.2, 0) is 11.2 Å². The minimum atomic E-state index is 0.0664. The van der Waals surface area contributed by atoms with E-state index in [0.29, 0.717) is 6.42 Å². The van der Waals surface area contributed by atoms with Crippen molar-refractivity contribution in [2.75, 3.05) is 5.32 Å². The number of aryl methyl sites for hydroxylation is 1. The second-order valence-electron chi connectivity index (χ2n) is 2.32. The SMILES string of the molecule is O=C1CCc2cn[nH]c2N1. The number of fused-ring (bicyclic) bond motifs is 1. The molecule has 0 aliphatic carbocycles. The lowest BCUT2D eigenvalue weighted by atomic mass is 10.1. The van der Waals surface area contributed by atoms with Crippen molar-refractivity contribution in [2.45, 2.75) is 12.8 Å². The quantitative estimate of drug-likeness (QED) is 0.540. The predicted octanol–water partition coefficient (Wildman–Crippen LogP) is 0.294. The molecule has 1 aliphatic rings. The highest BCUT2D eigenvalue weighted by Crippen LogP contribution is 2.17. The maximum atomic E-state index is 10.8. The summed E-state index contributed by atoms with van der Waals surface area (Å²) in [6, 6.07) is 0. The van der Waals surface area contributed by atoms with Gasteiger partial charge in [0.15, 0.2) is 0 Å². The zero-order chi connectivity index (χ0) is 6.97. The summed E-state index contributed by atoms with van der Waals surface area (Å²) >= 11 is 0. The number of nitrogens with one attached hydrogen (secondary N) is 2. The van der Waals surface area contributed by atoms with Crippen LogP contribution in [0, 0.1) is 0 Å². The van der Waals surface area contributed by atoms with Crippen LogP contribution in [0.25, 0.3) is 0 Å². The van der Waals surface area contributed by atoms with Crippen LogP contribution in [-0.4, -0.2) is 16.1 Å². The fourth-order valence-electron chi connectivity index (χ4n) is 1.06. The number of hydrogen-bond acceptors (Lipinski definition) is 2. The third kappa shape index (κ3) is 0.689. The van der Waals surface area contributed by atoms with E-state index in [1.165, 1.54) is 0 Å². The van der Waals surface area contributed by atoms with E-state index in [9.17, 15) is 4.79 Å². The van der Waals surface area contributed by atoms with Crippen molar-refractivity contribution in [3.8, 4) is 0 Å². The molecule has 4 heteroatoms. The van der Waals surface area contributed by atoms with Gasteiger partial charge in [-0.3, -0.25) is 9.89 Å². The Morgan fingerprint density at radius 2 is 2.40 bits per heavy atom. The van der Waals surface area contributed by atoms with Gasteiger partial charge in [-0.1, -0.05) is 0 Å². The lowest BCUT2D eigenvalue weighted by Crippen LogP contribution is -2.18. The Hall–Kier alpha value is -1.32. The van der Waals surface area contributed by atoms with Crippen molar-refractivity contribution in [1.82, 2.24) is 10.2 Å². The van der Waals surface area contributed by atoms with Gasteiger partial charge >= 0.3 is 0 Å². The summed E-state index contributed by atoms with van der Waals surface area (Å²) in [5.41, 5.74) is 1.10. The number of carbonyl (C=O) groups excluding carboxylic acids is 1. The Kier molecular flexibility index (Phi) is 1.00. The second-order valence-corrected chi connectivity index (χ2v) is 2.32. The third-order valence-electron chi connectivity index (χ3n) is 1.60. The molecule has 10 heavy (non-hydrogen) atoms. The number of aromatic amines is 1. The van der Waals surface area contributed by atoms with E-state index in [1.54, 1.807) is 6.20 Å². The maximum absolute atomic E-state index is 10.8. The predicted molar refractivity (Wildman–Crippen MR) is 35.5 cm³/mol. The molecule has 2 rings (SSSR count). The number of rotatable bonds is 0. The highest BCUT2D eigenvalue weighted by atomic mass is 16.1. The number of aromatic nitrogens is 2. The maximum Gasteiger partial charge on any atom is 0.225 e. The molecule has 0 fully saturated rings. The largest absolute Gasteiger partial charge is 0.311 e. The van der Waals surface area contributed by atoms with Crippen LogP contribution >= 0.6 is 0 Å². The molecule has 0 radical (unpaired) electrons. The number of H-pyrrole nitrogens is 1. The van der Waals surface area contributed by atoms with E-state index in [-0.39, 0.29) is 5.91 Å². The van der Waals surface area contributed by atoms with Crippen molar-refractivity contribution >= 4 is 11.7 Å². The summed E-state index contributed by atoms with van der Waals surface area (Å²) in [5.74, 6) is 0.827. The van der Waals surface area contributed by atoms with E-state index in [1.807, 2.05) is 0 Å².